The Balaban J connectivity index is 3.27. The summed E-state index contributed by atoms with van der Waals surface area (Å²) in [6, 6.07) is 7.30. The molecule has 0 radical (unpaired) electrons. The van der Waals surface area contributed by atoms with Crippen LogP contribution in [0, 0.1) is 0 Å². The van der Waals surface area contributed by atoms with Gasteiger partial charge in [-0.1, -0.05) is 35.4 Å². The van der Waals surface area contributed by atoms with E-state index in [9.17, 15) is 13.0 Å². The lowest BCUT2D eigenvalue weighted by Crippen LogP contribution is -2.32. The molecule has 0 saturated heterocycles. The predicted molar refractivity (Wildman–Crippen MR) is 81.1 cm³/mol. The monoisotopic (exact) mass is 365 g/mol. The van der Waals surface area contributed by atoms with Crippen molar-refractivity contribution in [2.75, 3.05) is 14.2 Å². The summed E-state index contributed by atoms with van der Waals surface area (Å²) >= 11 is 0. The maximum atomic E-state index is 12.5. The van der Waals surface area contributed by atoms with Gasteiger partial charge >= 0.3 is 18.0 Å². The van der Waals surface area contributed by atoms with E-state index in [1.54, 1.807) is 30.3 Å². The van der Waals surface area contributed by atoms with Crippen molar-refractivity contribution in [3.63, 3.8) is 0 Å². The first-order valence-corrected chi connectivity index (χ1v) is 9.18. The fourth-order valence-corrected chi connectivity index (χ4v) is 4.13. The Hall–Kier alpha value is -1.45. The molecular weight excluding hydrogens is 349 g/mol. The number of hydrogen-bond donors (Lipinski definition) is 1. The van der Waals surface area contributed by atoms with Crippen LogP contribution in [0.15, 0.2) is 35.4 Å². The van der Waals surface area contributed by atoms with Gasteiger partial charge in [-0.05, 0) is 17.5 Å². The summed E-state index contributed by atoms with van der Waals surface area (Å²) in [5.74, 6) is -1.84. The molecule has 0 fully saturated rings. The average molecular weight is 365 g/mol. The van der Waals surface area contributed by atoms with Gasteiger partial charge in [0.05, 0.1) is 6.04 Å². The zero-order valence-corrected chi connectivity index (χ0v) is 14.1. The van der Waals surface area contributed by atoms with E-state index in [-0.39, 0.29) is 6.42 Å². The van der Waals surface area contributed by atoms with Crippen LogP contribution in [0.5, 0.6) is 0 Å². The molecule has 0 aliphatic heterocycles. The molecule has 0 bridgehead atoms. The van der Waals surface area contributed by atoms with E-state index in [4.69, 9.17) is 19.1 Å². The topological polar surface area (TPSA) is 148 Å². The van der Waals surface area contributed by atoms with Crippen LogP contribution in [0.1, 0.15) is 5.56 Å². The Kier molecular flexibility index (Phi) is 7.17. The number of rotatable bonds is 9. The highest BCUT2D eigenvalue weighted by Crippen LogP contribution is 2.54. The summed E-state index contributed by atoms with van der Waals surface area (Å²) in [6.45, 7) is 0. The number of azide groups is 1. The van der Waals surface area contributed by atoms with Crippen molar-refractivity contribution in [1.82, 2.24) is 0 Å². The van der Waals surface area contributed by atoms with E-state index < -0.39 is 29.9 Å². The lowest BCUT2D eigenvalue weighted by molar-refractivity contribution is 0.160. The van der Waals surface area contributed by atoms with Crippen LogP contribution >= 0.6 is 7.60 Å². The van der Waals surface area contributed by atoms with Crippen LogP contribution in [-0.2, 0) is 34.6 Å². The molecular formula is C11H16N3O7PS. The van der Waals surface area contributed by atoms with Gasteiger partial charge in [0, 0.05) is 19.1 Å². The summed E-state index contributed by atoms with van der Waals surface area (Å²) in [6.07, 6.45) is -0.0121. The summed E-state index contributed by atoms with van der Waals surface area (Å²) in [5.41, 5.74) is 9.35. The van der Waals surface area contributed by atoms with Crippen molar-refractivity contribution in [3.05, 3.63) is 46.3 Å². The highest BCUT2D eigenvalue weighted by atomic mass is 32.3. The molecule has 2 atom stereocenters. The van der Waals surface area contributed by atoms with E-state index in [0.29, 0.717) is 5.56 Å². The smallest absolute Gasteiger partial charge is 0.310 e. The summed E-state index contributed by atoms with van der Waals surface area (Å²) in [7, 11) is -7.11. The summed E-state index contributed by atoms with van der Waals surface area (Å²) in [5, 5.41) is 3.41. The van der Waals surface area contributed by atoms with E-state index >= 15 is 0 Å². The number of nitrogens with zero attached hydrogens (tertiary/aromatic N) is 3. The Morgan fingerprint density at radius 3 is 2.30 bits per heavy atom. The molecule has 1 rings (SSSR count). The third-order valence-corrected chi connectivity index (χ3v) is 5.54. The molecule has 0 saturated carbocycles. The van der Waals surface area contributed by atoms with Crippen LogP contribution in [0.4, 0.5) is 0 Å². The minimum atomic E-state index is -5.00. The van der Waals surface area contributed by atoms with Crippen molar-refractivity contribution in [3.8, 4) is 0 Å². The van der Waals surface area contributed by atoms with Gasteiger partial charge in [0.1, 0.15) is 0 Å². The SMILES string of the molecule is COP(=O)(OC)[C@H](OS(=O)(=O)O)[C@@H](Cc1ccccc1)N=[N+]=[N-]. The lowest BCUT2D eigenvalue weighted by atomic mass is 10.1. The van der Waals surface area contributed by atoms with E-state index in [0.717, 1.165) is 14.2 Å². The molecule has 1 aromatic carbocycles. The maximum Gasteiger partial charge on any atom is 0.398 e. The molecule has 128 valence electrons. The minimum absolute atomic E-state index is 0.0121. The number of hydrogen-bond acceptors (Lipinski definition) is 7. The van der Waals surface area contributed by atoms with Gasteiger partial charge in [-0.3, -0.25) is 9.12 Å². The van der Waals surface area contributed by atoms with Crippen molar-refractivity contribution >= 4 is 18.0 Å². The standard InChI is InChI=1S/C11H16N3O7PS/c1-19-22(15,20-2)11(21-23(16,17)18)10(13-14-12)8-9-6-4-3-5-7-9/h3-7,10-11H,8H2,1-2H3,(H,16,17,18)/t10-,11+/m1/s1. The first-order valence-electron chi connectivity index (χ1n) is 6.20. The largest absolute Gasteiger partial charge is 0.398 e. The van der Waals surface area contributed by atoms with Gasteiger partial charge in [0.25, 0.3) is 0 Å². The first-order chi connectivity index (χ1) is 10.8. The third kappa shape index (κ3) is 5.92. The normalized spacial score (nSPS) is 14.7. The molecule has 0 aromatic heterocycles. The fraction of sp³-hybridized carbons (Fsp3) is 0.455. The Morgan fingerprint density at radius 2 is 1.87 bits per heavy atom. The molecule has 0 aliphatic rings. The molecule has 0 unspecified atom stereocenters. The second-order valence-electron chi connectivity index (χ2n) is 4.28. The minimum Gasteiger partial charge on any atom is -0.310 e. The lowest BCUT2D eigenvalue weighted by Gasteiger charge is -2.27. The van der Waals surface area contributed by atoms with E-state index in [2.05, 4.69) is 14.2 Å². The van der Waals surface area contributed by atoms with Crippen molar-refractivity contribution in [1.29, 1.82) is 0 Å². The molecule has 0 amide bonds. The zero-order chi connectivity index (χ0) is 17.5. The Labute approximate surface area is 133 Å². The highest BCUT2D eigenvalue weighted by molar-refractivity contribution is 7.81. The summed E-state index contributed by atoms with van der Waals surface area (Å²) in [4.78, 5) is 2.60. The van der Waals surface area contributed by atoms with Crippen molar-refractivity contribution < 1.29 is 30.8 Å². The molecule has 12 heteroatoms. The summed E-state index contributed by atoms with van der Waals surface area (Å²) < 4.78 is 57.4. The molecule has 1 aromatic rings. The molecule has 0 spiro atoms. The maximum absolute atomic E-state index is 12.5. The Bertz CT molecular complexity index is 698. The van der Waals surface area contributed by atoms with Gasteiger partial charge in [-0.25, -0.2) is 4.18 Å². The van der Waals surface area contributed by atoms with Gasteiger partial charge in [-0.2, -0.15) is 8.42 Å². The third-order valence-electron chi connectivity index (χ3n) is 2.86. The van der Waals surface area contributed by atoms with E-state index in [1.807, 2.05) is 0 Å². The van der Waals surface area contributed by atoms with Gasteiger partial charge in [0.15, 0.2) is 5.85 Å². The van der Waals surface area contributed by atoms with Crippen LogP contribution in [0.25, 0.3) is 10.4 Å². The number of benzene rings is 1. The Morgan fingerprint density at radius 1 is 1.30 bits per heavy atom. The quantitative estimate of drug-likeness (QED) is 0.232. The van der Waals surface area contributed by atoms with Gasteiger partial charge in [0.2, 0.25) is 0 Å². The second-order valence-corrected chi connectivity index (χ2v) is 7.65. The van der Waals surface area contributed by atoms with E-state index in [1.165, 1.54) is 0 Å². The molecule has 0 heterocycles. The molecule has 23 heavy (non-hydrogen) atoms. The van der Waals surface area contributed by atoms with Gasteiger partial charge < -0.3 is 9.05 Å². The molecule has 10 nitrogen and oxygen atoms in total. The van der Waals surface area contributed by atoms with Crippen molar-refractivity contribution in [2.24, 2.45) is 5.11 Å². The van der Waals surface area contributed by atoms with Crippen LogP contribution < -0.4 is 0 Å². The fourth-order valence-electron chi connectivity index (χ4n) is 1.86. The van der Waals surface area contributed by atoms with Crippen LogP contribution in [0.3, 0.4) is 0 Å². The van der Waals surface area contributed by atoms with Crippen LogP contribution in [-0.4, -0.2) is 39.1 Å². The van der Waals surface area contributed by atoms with Crippen LogP contribution in [0.2, 0.25) is 0 Å². The molecule has 1 N–H and O–H groups in total. The first kappa shape index (κ1) is 19.6. The van der Waals surface area contributed by atoms with Gasteiger partial charge in [-0.15, -0.1) is 0 Å². The predicted octanol–water partition coefficient (Wildman–Crippen LogP) is 2.54. The van der Waals surface area contributed by atoms with Crippen molar-refractivity contribution in [2.45, 2.75) is 18.3 Å². The zero-order valence-electron chi connectivity index (χ0n) is 12.3. The second kappa shape index (κ2) is 8.42. The average Bonchev–Trinajstić information content (AvgIpc) is 2.52. The molecule has 0 aliphatic carbocycles. The highest BCUT2D eigenvalue weighted by Gasteiger charge is 2.44.